The normalized spacial score (nSPS) is 11.8. The summed E-state index contributed by atoms with van der Waals surface area (Å²) < 4.78 is 10.2. The van der Waals surface area contributed by atoms with Gasteiger partial charge in [-0.25, -0.2) is 0 Å². The Morgan fingerprint density at radius 2 is 1.71 bits per heavy atom. The van der Waals surface area contributed by atoms with Crippen molar-refractivity contribution >= 4 is 5.95 Å². The van der Waals surface area contributed by atoms with Crippen LogP contribution in [0.25, 0.3) is 0 Å². The molecule has 1 atom stereocenters. The summed E-state index contributed by atoms with van der Waals surface area (Å²) in [6, 6.07) is 11.6. The van der Waals surface area contributed by atoms with Crippen LogP contribution in [0.3, 0.4) is 0 Å². The van der Waals surface area contributed by atoms with Gasteiger partial charge in [0, 0.05) is 12.6 Å². The molecule has 1 unspecified atom stereocenters. The van der Waals surface area contributed by atoms with E-state index in [1.807, 2.05) is 30.3 Å². The lowest BCUT2D eigenvalue weighted by Crippen LogP contribution is -2.16. The zero-order valence-corrected chi connectivity index (χ0v) is 12.2. The summed E-state index contributed by atoms with van der Waals surface area (Å²) in [6.07, 6.45) is 0.771. The van der Waals surface area contributed by atoms with Crippen LogP contribution in [0, 0.1) is 0 Å². The minimum absolute atomic E-state index is 0.0220. The summed E-state index contributed by atoms with van der Waals surface area (Å²) in [5.41, 5.74) is 7.26. The molecule has 0 spiro atoms. The lowest BCUT2D eigenvalue weighted by molar-refractivity contribution is 0.373. The fourth-order valence-corrected chi connectivity index (χ4v) is 1.90. The van der Waals surface area contributed by atoms with E-state index in [1.54, 1.807) is 20.3 Å². The van der Waals surface area contributed by atoms with Crippen LogP contribution in [0.4, 0.5) is 5.95 Å². The van der Waals surface area contributed by atoms with E-state index in [9.17, 15) is 0 Å². The SMILES string of the molecule is COc1cc(OC)nc(NCCC(N)c2ccccc2)n1. The third kappa shape index (κ3) is 4.32. The number of benzene rings is 1. The summed E-state index contributed by atoms with van der Waals surface area (Å²) in [5.74, 6) is 1.37. The maximum atomic E-state index is 6.14. The van der Waals surface area contributed by atoms with Crippen molar-refractivity contribution < 1.29 is 9.47 Å². The molecule has 6 nitrogen and oxygen atoms in total. The van der Waals surface area contributed by atoms with E-state index in [0.717, 1.165) is 12.0 Å². The number of aromatic nitrogens is 2. The van der Waals surface area contributed by atoms with Crippen molar-refractivity contribution in [3.63, 3.8) is 0 Å². The van der Waals surface area contributed by atoms with Gasteiger partial charge in [-0.15, -0.1) is 0 Å². The Hall–Kier alpha value is -2.34. The molecule has 1 heterocycles. The van der Waals surface area contributed by atoms with Gasteiger partial charge in [0.05, 0.1) is 20.3 Å². The van der Waals surface area contributed by atoms with E-state index in [0.29, 0.717) is 24.3 Å². The van der Waals surface area contributed by atoms with Crippen LogP contribution in [0.15, 0.2) is 36.4 Å². The summed E-state index contributed by atoms with van der Waals surface area (Å²) in [4.78, 5) is 8.41. The maximum absolute atomic E-state index is 6.14. The lowest BCUT2D eigenvalue weighted by Gasteiger charge is -2.13. The number of nitrogens with two attached hydrogens (primary N) is 1. The summed E-state index contributed by atoms with van der Waals surface area (Å²) in [5, 5.41) is 3.13. The van der Waals surface area contributed by atoms with Crippen LogP contribution in [0.1, 0.15) is 18.0 Å². The highest BCUT2D eigenvalue weighted by molar-refractivity contribution is 5.33. The molecule has 1 aromatic carbocycles. The van der Waals surface area contributed by atoms with Gasteiger partial charge >= 0.3 is 0 Å². The van der Waals surface area contributed by atoms with Gasteiger partial charge in [-0.3, -0.25) is 0 Å². The predicted molar refractivity (Wildman–Crippen MR) is 81.6 cm³/mol. The van der Waals surface area contributed by atoms with E-state index in [-0.39, 0.29) is 6.04 Å². The van der Waals surface area contributed by atoms with Crippen molar-refractivity contribution in [3.05, 3.63) is 42.0 Å². The first-order valence-electron chi connectivity index (χ1n) is 6.74. The maximum Gasteiger partial charge on any atom is 0.229 e. The van der Waals surface area contributed by atoms with E-state index in [4.69, 9.17) is 15.2 Å². The molecular formula is C15H20N4O2. The first-order chi connectivity index (χ1) is 10.2. The van der Waals surface area contributed by atoms with Crippen LogP contribution in [0.2, 0.25) is 0 Å². The van der Waals surface area contributed by atoms with Gasteiger partial charge in [0.25, 0.3) is 0 Å². The second-order valence-corrected chi connectivity index (χ2v) is 4.51. The van der Waals surface area contributed by atoms with Crippen molar-refractivity contribution in [2.45, 2.75) is 12.5 Å². The quantitative estimate of drug-likeness (QED) is 0.811. The molecule has 6 heteroatoms. The lowest BCUT2D eigenvalue weighted by atomic mass is 10.1. The number of rotatable bonds is 7. The first kappa shape index (κ1) is 15.1. The molecule has 0 saturated carbocycles. The molecule has 0 aliphatic carbocycles. The van der Waals surface area contributed by atoms with Gasteiger partial charge in [-0.1, -0.05) is 30.3 Å². The molecule has 0 fully saturated rings. The predicted octanol–water partition coefficient (Wildman–Crippen LogP) is 2.00. The van der Waals surface area contributed by atoms with E-state index >= 15 is 0 Å². The topological polar surface area (TPSA) is 82.3 Å². The first-order valence-corrected chi connectivity index (χ1v) is 6.74. The van der Waals surface area contributed by atoms with Gasteiger partial charge in [0.1, 0.15) is 0 Å². The average Bonchev–Trinajstić information content (AvgIpc) is 2.55. The van der Waals surface area contributed by atoms with Crippen molar-refractivity contribution in [1.29, 1.82) is 0 Å². The smallest absolute Gasteiger partial charge is 0.229 e. The Balaban J connectivity index is 1.91. The number of nitrogens with zero attached hydrogens (tertiary/aromatic N) is 2. The van der Waals surface area contributed by atoms with E-state index < -0.39 is 0 Å². The minimum Gasteiger partial charge on any atom is -0.481 e. The minimum atomic E-state index is -0.0220. The zero-order chi connectivity index (χ0) is 15.1. The molecule has 0 amide bonds. The van der Waals surface area contributed by atoms with Gasteiger partial charge in [-0.05, 0) is 12.0 Å². The molecule has 2 rings (SSSR count). The molecule has 0 aliphatic rings. The fraction of sp³-hybridized carbons (Fsp3) is 0.333. The Morgan fingerprint density at radius 3 is 2.29 bits per heavy atom. The second-order valence-electron chi connectivity index (χ2n) is 4.51. The molecule has 0 aliphatic heterocycles. The number of methoxy groups -OCH3 is 2. The molecule has 0 saturated heterocycles. The number of nitrogens with one attached hydrogen (secondary N) is 1. The number of ether oxygens (including phenoxy) is 2. The molecule has 2 aromatic rings. The molecule has 21 heavy (non-hydrogen) atoms. The Morgan fingerprint density at radius 1 is 1.10 bits per heavy atom. The van der Waals surface area contributed by atoms with Crippen molar-refractivity contribution in [1.82, 2.24) is 9.97 Å². The van der Waals surface area contributed by atoms with Crippen molar-refractivity contribution in [3.8, 4) is 11.8 Å². The zero-order valence-electron chi connectivity index (χ0n) is 12.2. The van der Waals surface area contributed by atoms with Crippen LogP contribution in [0.5, 0.6) is 11.8 Å². The molecule has 0 bridgehead atoms. The third-order valence-electron chi connectivity index (χ3n) is 3.06. The average molecular weight is 288 g/mol. The summed E-state index contributed by atoms with van der Waals surface area (Å²) in [7, 11) is 3.10. The highest BCUT2D eigenvalue weighted by Gasteiger charge is 2.07. The Labute approximate surface area is 124 Å². The monoisotopic (exact) mass is 288 g/mol. The molecule has 112 valence electrons. The fourth-order valence-electron chi connectivity index (χ4n) is 1.90. The van der Waals surface area contributed by atoms with Crippen molar-refractivity contribution in [2.75, 3.05) is 26.1 Å². The number of anilines is 1. The molecular weight excluding hydrogens is 268 g/mol. The Bertz CT molecular complexity index is 541. The summed E-state index contributed by atoms with van der Waals surface area (Å²) in [6.45, 7) is 0.659. The van der Waals surface area contributed by atoms with Crippen LogP contribution in [-0.4, -0.2) is 30.7 Å². The van der Waals surface area contributed by atoms with E-state index in [1.165, 1.54) is 0 Å². The number of hydrogen-bond acceptors (Lipinski definition) is 6. The second kappa shape index (κ2) is 7.44. The van der Waals surface area contributed by atoms with Gasteiger partial charge in [0.15, 0.2) is 0 Å². The molecule has 3 N–H and O–H groups in total. The standard InChI is InChI=1S/C15H20N4O2/c1-20-13-10-14(21-2)19-15(18-13)17-9-8-12(16)11-6-4-3-5-7-11/h3-7,10,12H,8-9,16H2,1-2H3,(H,17,18,19). The largest absolute Gasteiger partial charge is 0.481 e. The van der Waals surface area contributed by atoms with Gasteiger partial charge in [-0.2, -0.15) is 9.97 Å². The number of hydrogen-bond donors (Lipinski definition) is 2. The van der Waals surface area contributed by atoms with E-state index in [2.05, 4.69) is 15.3 Å². The van der Waals surface area contributed by atoms with Crippen LogP contribution < -0.4 is 20.5 Å². The van der Waals surface area contributed by atoms with Gasteiger partial charge in [0.2, 0.25) is 17.7 Å². The summed E-state index contributed by atoms with van der Waals surface area (Å²) >= 11 is 0. The van der Waals surface area contributed by atoms with Crippen LogP contribution in [-0.2, 0) is 0 Å². The molecule has 1 aromatic heterocycles. The van der Waals surface area contributed by atoms with Gasteiger partial charge < -0.3 is 20.5 Å². The highest BCUT2D eigenvalue weighted by Crippen LogP contribution is 2.18. The Kier molecular flexibility index (Phi) is 5.34. The van der Waals surface area contributed by atoms with Crippen LogP contribution >= 0.6 is 0 Å². The third-order valence-corrected chi connectivity index (χ3v) is 3.06. The molecule has 0 radical (unpaired) electrons. The van der Waals surface area contributed by atoms with Crippen molar-refractivity contribution in [2.24, 2.45) is 5.73 Å². The highest BCUT2D eigenvalue weighted by atomic mass is 16.5.